The second-order valence-electron chi connectivity index (χ2n) is 9.72. The first kappa shape index (κ1) is 25.5. The van der Waals surface area contributed by atoms with Gasteiger partial charge in [-0.2, -0.15) is 0 Å². The largest absolute Gasteiger partial charge is 0.486 e. The molecule has 5 rings (SSSR count). The first-order valence-electron chi connectivity index (χ1n) is 13.0. The van der Waals surface area contributed by atoms with Gasteiger partial charge in [0.15, 0.2) is 5.82 Å². The van der Waals surface area contributed by atoms with Crippen molar-refractivity contribution in [3.05, 3.63) is 36.3 Å². The average Bonchev–Trinajstić information content (AvgIpc) is 2.91. The minimum Gasteiger partial charge on any atom is -0.486 e. The molecule has 3 aromatic rings. The fraction of sp³-hybridized carbons (Fsp3) is 0.538. The van der Waals surface area contributed by atoms with Crippen LogP contribution in [0.2, 0.25) is 0 Å². The van der Waals surface area contributed by atoms with Gasteiger partial charge in [-0.25, -0.2) is 24.3 Å². The number of aliphatic hydroxyl groups is 2. The predicted molar refractivity (Wildman–Crippen MR) is 139 cm³/mol. The third kappa shape index (κ3) is 6.06. The molecule has 2 fully saturated rings. The number of nitrogens with zero attached hydrogens (tertiary/aromatic N) is 6. The molecule has 2 aliphatic heterocycles. The Morgan fingerprint density at radius 1 is 1.14 bits per heavy atom. The van der Waals surface area contributed by atoms with Crippen LogP contribution in [-0.4, -0.2) is 86.7 Å². The molecule has 0 saturated carbocycles. The zero-order valence-corrected chi connectivity index (χ0v) is 21.1. The molecule has 0 amide bonds. The highest BCUT2D eigenvalue weighted by atomic mass is 19.1. The topological polar surface area (TPSA) is 120 Å². The molecular weight excluding hydrogens is 477 g/mol. The third-order valence-electron chi connectivity index (χ3n) is 6.90. The first-order chi connectivity index (χ1) is 18.0. The van der Waals surface area contributed by atoms with Crippen molar-refractivity contribution in [2.75, 3.05) is 49.5 Å². The highest BCUT2D eigenvalue weighted by Crippen LogP contribution is 2.29. The van der Waals surface area contributed by atoms with E-state index in [1.807, 2.05) is 11.0 Å². The standard InChI is InChI=1S/C26H34FN7O3/c1-17(36)21-13-18-14-29-26(32-24(18)25(30-21)34-8-3-2-4-9-34)31-23-6-5-19(15-28-23)37-22-7-10-33(11-12-35)16-20(22)27/h5-6,13-15,17,20,22,35-36H,2-4,7-12,16H2,1H3,(H,28,29,31,32)/t17?,20-,22-/m0/s1. The Balaban J connectivity index is 1.30. The van der Waals surface area contributed by atoms with Crippen LogP contribution in [0, 0.1) is 0 Å². The first-order valence-corrected chi connectivity index (χ1v) is 13.0. The number of halogens is 1. The number of hydrogen-bond acceptors (Lipinski definition) is 10. The van der Waals surface area contributed by atoms with Gasteiger partial charge in [0.1, 0.15) is 29.4 Å². The van der Waals surface area contributed by atoms with Gasteiger partial charge in [0, 0.05) is 44.3 Å². The molecule has 3 aromatic heterocycles. The Morgan fingerprint density at radius 2 is 1.97 bits per heavy atom. The Bertz CT molecular complexity index is 1190. The van der Waals surface area contributed by atoms with Crippen molar-refractivity contribution >= 4 is 28.5 Å². The van der Waals surface area contributed by atoms with E-state index in [1.165, 1.54) is 6.42 Å². The summed E-state index contributed by atoms with van der Waals surface area (Å²) in [6, 6.07) is 5.32. The molecule has 11 heteroatoms. The summed E-state index contributed by atoms with van der Waals surface area (Å²) in [4.78, 5) is 22.5. The van der Waals surface area contributed by atoms with E-state index in [1.54, 1.807) is 31.5 Å². The highest BCUT2D eigenvalue weighted by molar-refractivity contribution is 5.89. The molecule has 0 bridgehead atoms. The van der Waals surface area contributed by atoms with Crippen molar-refractivity contribution in [3.8, 4) is 5.75 Å². The lowest BCUT2D eigenvalue weighted by Crippen LogP contribution is -2.47. The van der Waals surface area contributed by atoms with E-state index in [2.05, 4.69) is 20.2 Å². The number of piperidine rings is 2. The van der Waals surface area contributed by atoms with Gasteiger partial charge in [0.25, 0.3) is 0 Å². The zero-order chi connectivity index (χ0) is 25.8. The number of fused-ring (bicyclic) bond motifs is 1. The number of anilines is 3. The van der Waals surface area contributed by atoms with E-state index >= 15 is 0 Å². The maximum atomic E-state index is 14.5. The number of aromatic nitrogens is 4. The Labute approximate surface area is 215 Å². The van der Waals surface area contributed by atoms with Crippen LogP contribution in [0.5, 0.6) is 5.75 Å². The summed E-state index contributed by atoms with van der Waals surface area (Å²) in [7, 11) is 0. The summed E-state index contributed by atoms with van der Waals surface area (Å²) in [5.74, 6) is 2.18. The second-order valence-corrected chi connectivity index (χ2v) is 9.72. The van der Waals surface area contributed by atoms with E-state index in [-0.39, 0.29) is 13.2 Å². The molecule has 3 N–H and O–H groups in total. The van der Waals surface area contributed by atoms with Gasteiger partial charge in [-0.3, -0.25) is 4.90 Å². The minimum absolute atomic E-state index is 0.0243. The monoisotopic (exact) mass is 511 g/mol. The number of nitrogens with one attached hydrogen (secondary N) is 1. The van der Waals surface area contributed by atoms with Crippen LogP contribution in [-0.2, 0) is 0 Å². The lowest BCUT2D eigenvalue weighted by atomic mass is 10.1. The number of pyridine rings is 2. The molecule has 10 nitrogen and oxygen atoms in total. The van der Waals surface area contributed by atoms with Crippen LogP contribution in [0.4, 0.5) is 22.0 Å². The number of rotatable bonds is 8. The molecular formula is C26H34FN7O3. The number of alkyl halides is 1. The summed E-state index contributed by atoms with van der Waals surface area (Å²) in [6.45, 7) is 4.95. The molecule has 0 aliphatic carbocycles. The van der Waals surface area contributed by atoms with Crippen molar-refractivity contribution in [2.45, 2.75) is 51.0 Å². The molecule has 1 unspecified atom stereocenters. The fourth-order valence-electron chi connectivity index (χ4n) is 4.88. The van der Waals surface area contributed by atoms with Crippen LogP contribution in [0.1, 0.15) is 44.4 Å². The van der Waals surface area contributed by atoms with Gasteiger partial charge in [-0.15, -0.1) is 0 Å². The summed E-state index contributed by atoms with van der Waals surface area (Å²) in [5.41, 5.74) is 1.33. The van der Waals surface area contributed by atoms with Crippen LogP contribution in [0.3, 0.4) is 0 Å². The summed E-state index contributed by atoms with van der Waals surface area (Å²) >= 11 is 0. The van der Waals surface area contributed by atoms with Crippen molar-refractivity contribution in [1.29, 1.82) is 0 Å². The predicted octanol–water partition coefficient (Wildman–Crippen LogP) is 2.99. The van der Waals surface area contributed by atoms with Crippen LogP contribution in [0.25, 0.3) is 10.9 Å². The molecule has 37 heavy (non-hydrogen) atoms. The van der Waals surface area contributed by atoms with Crippen molar-refractivity contribution < 1.29 is 19.3 Å². The molecule has 198 valence electrons. The zero-order valence-electron chi connectivity index (χ0n) is 21.1. The quantitative estimate of drug-likeness (QED) is 0.416. The number of hydrogen-bond donors (Lipinski definition) is 3. The third-order valence-corrected chi connectivity index (χ3v) is 6.90. The number of ether oxygens (including phenoxy) is 1. The normalized spacial score (nSPS) is 21.7. The van der Waals surface area contributed by atoms with E-state index in [9.17, 15) is 9.50 Å². The number of likely N-dealkylation sites (tertiary alicyclic amines) is 1. The Morgan fingerprint density at radius 3 is 2.68 bits per heavy atom. The van der Waals surface area contributed by atoms with Crippen LogP contribution in [0.15, 0.2) is 30.6 Å². The summed E-state index contributed by atoms with van der Waals surface area (Å²) in [6.07, 6.45) is 4.90. The number of aliphatic hydroxyl groups excluding tert-OH is 2. The van der Waals surface area contributed by atoms with Crippen LogP contribution < -0.4 is 15.0 Å². The van der Waals surface area contributed by atoms with Gasteiger partial charge in [0.2, 0.25) is 5.95 Å². The molecule has 2 aliphatic rings. The van der Waals surface area contributed by atoms with Gasteiger partial charge < -0.3 is 25.2 Å². The maximum absolute atomic E-state index is 14.5. The molecule has 0 spiro atoms. The van der Waals surface area contributed by atoms with Gasteiger partial charge in [0.05, 0.1) is 24.6 Å². The minimum atomic E-state index is -1.12. The molecule has 3 atom stereocenters. The van der Waals surface area contributed by atoms with Gasteiger partial charge in [-0.1, -0.05) is 0 Å². The smallest absolute Gasteiger partial charge is 0.229 e. The molecule has 5 heterocycles. The second kappa shape index (κ2) is 11.5. The van der Waals surface area contributed by atoms with E-state index in [0.717, 1.165) is 42.7 Å². The summed E-state index contributed by atoms with van der Waals surface area (Å²) in [5, 5.41) is 23.2. The lowest BCUT2D eigenvalue weighted by Gasteiger charge is -2.34. The van der Waals surface area contributed by atoms with Crippen LogP contribution >= 0.6 is 0 Å². The van der Waals surface area contributed by atoms with E-state index < -0.39 is 18.4 Å². The average molecular weight is 512 g/mol. The van der Waals surface area contributed by atoms with Gasteiger partial charge in [-0.05, 0) is 50.8 Å². The Hall–Kier alpha value is -3.15. The maximum Gasteiger partial charge on any atom is 0.229 e. The number of β-amino-alcohol motifs (C(OH)–C–C–N with tert-alkyl or cyclic N) is 1. The van der Waals surface area contributed by atoms with E-state index in [0.29, 0.717) is 42.7 Å². The highest BCUT2D eigenvalue weighted by Gasteiger charge is 2.30. The molecule has 0 radical (unpaired) electrons. The van der Waals surface area contributed by atoms with E-state index in [4.69, 9.17) is 19.8 Å². The van der Waals surface area contributed by atoms with Crippen molar-refractivity contribution in [2.24, 2.45) is 0 Å². The van der Waals surface area contributed by atoms with Crippen molar-refractivity contribution in [3.63, 3.8) is 0 Å². The van der Waals surface area contributed by atoms with Gasteiger partial charge >= 0.3 is 0 Å². The lowest BCUT2D eigenvalue weighted by molar-refractivity contribution is 0.0166. The summed E-state index contributed by atoms with van der Waals surface area (Å²) < 4.78 is 20.4. The Kier molecular flexibility index (Phi) is 7.92. The SMILES string of the molecule is CC(O)c1cc2cnc(Nc3ccc(O[C@H]4CCN(CCO)C[C@@H]4F)cn3)nc2c(N2CCCCC2)n1. The fourth-order valence-corrected chi connectivity index (χ4v) is 4.88. The van der Waals surface area contributed by atoms with Crippen molar-refractivity contribution in [1.82, 2.24) is 24.8 Å². The molecule has 0 aromatic carbocycles. The molecule has 2 saturated heterocycles.